The molecule has 1 aliphatic rings. The van der Waals surface area contributed by atoms with Gasteiger partial charge in [0.1, 0.15) is 5.65 Å². The number of anilines is 1. The van der Waals surface area contributed by atoms with Crippen LogP contribution >= 0.6 is 0 Å². The smallest absolute Gasteiger partial charge is 0.337 e. The van der Waals surface area contributed by atoms with Crippen LogP contribution < -0.4 is 11.3 Å². The van der Waals surface area contributed by atoms with Gasteiger partial charge in [-0.25, -0.2) is 9.78 Å². The number of para-hydroxylation sites is 1. The lowest BCUT2D eigenvalue weighted by atomic mass is 9.90. The van der Waals surface area contributed by atoms with Crippen LogP contribution in [0.2, 0.25) is 0 Å². The maximum absolute atomic E-state index is 12.9. The third-order valence-corrected chi connectivity index (χ3v) is 4.67. The van der Waals surface area contributed by atoms with Crippen molar-refractivity contribution >= 4 is 29.0 Å². The van der Waals surface area contributed by atoms with Crippen LogP contribution in [0.4, 0.5) is 5.69 Å². The number of carboxylic acid groups (broad SMARTS) is 1. The minimum absolute atomic E-state index is 0.0602. The van der Waals surface area contributed by atoms with Gasteiger partial charge in [-0.2, -0.15) is 0 Å². The van der Waals surface area contributed by atoms with Crippen molar-refractivity contribution in [2.75, 3.05) is 5.73 Å². The highest BCUT2D eigenvalue weighted by atomic mass is 16.4. The molecule has 3 aromatic rings. The lowest BCUT2D eigenvalue weighted by Gasteiger charge is -2.19. The first-order chi connectivity index (χ1) is 12.5. The number of nitrogen functional groups attached to an aromatic ring is 1. The molecule has 130 valence electrons. The summed E-state index contributed by atoms with van der Waals surface area (Å²) in [7, 11) is 0. The van der Waals surface area contributed by atoms with Crippen LogP contribution in [0.3, 0.4) is 0 Å². The highest BCUT2D eigenvalue weighted by Crippen LogP contribution is 2.30. The van der Waals surface area contributed by atoms with Crippen molar-refractivity contribution in [3.8, 4) is 0 Å². The van der Waals surface area contributed by atoms with Gasteiger partial charge in [-0.3, -0.25) is 9.20 Å². The summed E-state index contributed by atoms with van der Waals surface area (Å²) in [6.07, 6.45) is 5.61. The molecular weight excluding hydrogens is 330 g/mol. The molecule has 6 heteroatoms. The number of aromatic nitrogens is 2. The van der Waals surface area contributed by atoms with Crippen molar-refractivity contribution in [1.82, 2.24) is 9.38 Å². The molecule has 0 spiro atoms. The fourth-order valence-corrected chi connectivity index (χ4v) is 3.34. The predicted octanol–water partition coefficient (Wildman–Crippen LogP) is 2.85. The zero-order valence-corrected chi connectivity index (χ0v) is 14.0. The summed E-state index contributed by atoms with van der Waals surface area (Å²) in [6, 6.07) is 10.6. The zero-order valence-electron chi connectivity index (χ0n) is 14.0. The Labute approximate surface area is 149 Å². The van der Waals surface area contributed by atoms with Gasteiger partial charge >= 0.3 is 5.97 Å². The van der Waals surface area contributed by atoms with Crippen molar-refractivity contribution in [3.05, 3.63) is 75.3 Å². The van der Waals surface area contributed by atoms with Crippen molar-refractivity contribution < 1.29 is 9.90 Å². The second-order valence-corrected chi connectivity index (χ2v) is 6.35. The zero-order chi connectivity index (χ0) is 18.3. The van der Waals surface area contributed by atoms with E-state index >= 15 is 0 Å². The molecule has 3 N–H and O–H groups in total. The van der Waals surface area contributed by atoms with E-state index in [1.165, 1.54) is 16.7 Å². The average molecular weight is 347 g/mol. The van der Waals surface area contributed by atoms with Crippen molar-refractivity contribution in [3.63, 3.8) is 0 Å². The van der Waals surface area contributed by atoms with Gasteiger partial charge in [0.15, 0.2) is 0 Å². The number of carbonyl (C=O) groups is 1. The van der Waals surface area contributed by atoms with Crippen molar-refractivity contribution in [2.24, 2.45) is 0 Å². The molecule has 2 aromatic heterocycles. The van der Waals surface area contributed by atoms with E-state index in [0.29, 0.717) is 29.0 Å². The monoisotopic (exact) mass is 347 g/mol. The number of aromatic carboxylic acids is 1. The number of allylic oxidation sites excluding steroid dienone is 1. The Morgan fingerprint density at radius 2 is 2.00 bits per heavy atom. The van der Waals surface area contributed by atoms with E-state index in [2.05, 4.69) is 4.98 Å². The molecule has 0 aliphatic heterocycles. The highest BCUT2D eigenvalue weighted by Gasteiger charge is 2.21. The van der Waals surface area contributed by atoms with E-state index in [-0.39, 0.29) is 11.1 Å². The molecule has 0 bridgehead atoms. The van der Waals surface area contributed by atoms with Gasteiger partial charge in [-0.05, 0) is 54.7 Å². The van der Waals surface area contributed by atoms with Crippen LogP contribution in [0.15, 0.2) is 47.4 Å². The lowest BCUT2D eigenvalue weighted by Crippen LogP contribution is -2.25. The minimum atomic E-state index is -1.07. The number of benzene rings is 1. The van der Waals surface area contributed by atoms with E-state index in [1.807, 2.05) is 30.3 Å². The van der Waals surface area contributed by atoms with Gasteiger partial charge in [0, 0.05) is 17.4 Å². The van der Waals surface area contributed by atoms with Crippen molar-refractivity contribution in [1.29, 1.82) is 0 Å². The van der Waals surface area contributed by atoms with Crippen LogP contribution in [0.1, 0.15) is 40.0 Å². The second-order valence-electron chi connectivity index (χ2n) is 6.35. The number of hydrogen-bond donors (Lipinski definition) is 2. The van der Waals surface area contributed by atoms with Crippen LogP contribution in [0.25, 0.3) is 17.3 Å². The Kier molecular flexibility index (Phi) is 3.80. The third-order valence-electron chi connectivity index (χ3n) is 4.67. The van der Waals surface area contributed by atoms with E-state index in [9.17, 15) is 9.59 Å². The maximum atomic E-state index is 12.9. The van der Waals surface area contributed by atoms with Gasteiger partial charge in [0.05, 0.1) is 11.3 Å². The maximum Gasteiger partial charge on any atom is 0.337 e. The summed E-state index contributed by atoms with van der Waals surface area (Å²) >= 11 is 0. The Balaban J connectivity index is 1.93. The number of nitrogens with two attached hydrogens (primary N) is 1. The molecule has 6 nitrogen and oxygen atoms in total. The summed E-state index contributed by atoms with van der Waals surface area (Å²) < 4.78 is 1.32. The molecule has 1 aromatic carbocycles. The minimum Gasteiger partial charge on any atom is -0.478 e. The van der Waals surface area contributed by atoms with E-state index in [1.54, 1.807) is 6.07 Å². The van der Waals surface area contributed by atoms with Crippen molar-refractivity contribution in [2.45, 2.75) is 19.3 Å². The topological polar surface area (TPSA) is 97.7 Å². The van der Waals surface area contributed by atoms with Gasteiger partial charge in [0.25, 0.3) is 5.56 Å². The molecule has 1 aliphatic carbocycles. The van der Waals surface area contributed by atoms with Crippen LogP contribution in [0, 0.1) is 0 Å². The summed E-state index contributed by atoms with van der Waals surface area (Å²) in [6.45, 7) is 0. The molecule has 4 rings (SSSR count). The van der Waals surface area contributed by atoms with Gasteiger partial charge in [-0.1, -0.05) is 18.2 Å². The number of fused-ring (bicyclic) bond motifs is 2. The highest BCUT2D eigenvalue weighted by molar-refractivity contribution is 5.88. The SMILES string of the molecule is Nc1ccccc1C=C1CCCc2c1nc1ccc(C(=O)O)cn1c2=O. The Bertz CT molecular complexity index is 1130. The van der Waals surface area contributed by atoms with Gasteiger partial charge in [0.2, 0.25) is 0 Å². The molecule has 0 amide bonds. The predicted molar refractivity (Wildman–Crippen MR) is 100 cm³/mol. The first-order valence-electron chi connectivity index (χ1n) is 8.38. The molecule has 26 heavy (non-hydrogen) atoms. The number of nitrogens with zero attached hydrogens (tertiary/aromatic N) is 2. The number of pyridine rings is 1. The van der Waals surface area contributed by atoms with E-state index in [0.717, 1.165) is 24.0 Å². The van der Waals surface area contributed by atoms with Crippen LogP contribution in [-0.4, -0.2) is 20.5 Å². The van der Waals surface area contributed by atoms with Crippen LogP contribution in [-0.2, 0) is 6.42 Å². The first kappa shape index (κ1) is 16.1. The third kappa shape index (κ3) is 2.65. The first-order valence-corrected chi connectivity index (χ1v) is 8.38. The van der Waals surface area contributed by atoms with Gasteiger partial charge in [-0.15, -0.1) is 0 Å². The molecule has 0 atom stereocenters. The molecule has 0 saturated heterocycles. The summed E-state index contributed by atoms with van der Waals surface area (Å²) in [4.78, 5) is 28.7. The number of carboxylic acids is 1. The number of rotatable bonds is 2. The summed E-state index contributed by atoms with van der Waals surface area (Å²) in [5.41, 5.74) is 10.2. The Hall–Kier alpha value is -3.41. The fraction of sp³-hybridized carbons (Fsp3) is 0.150. The summed E-state index contributed by atoms with van der Waals surface area (Å²) in [5, 5.41) is 9.15. The molecule has 0 fully saturated rings. The molecule has 0 unspecified atom stereocenters. The fourth-order valence-electron chi connectivity index (χ4n) is 3.34. The average Bonchev–Trinajstić information content (AvgIpc) is 2.64. The molecule has 0 saturated carbocycles. The Morgan fingerprint density at radius 1 is 1.19 bits per heavy atom. The molecule has 0 radical (unpaired) electrons. The standard InChI is InChI=1S/C20H17N3O3/c21-16-7-2-1-4-12(16)10-13-5-3-6-15-18(13)22-17-9-8-14(20(25)26)11-23(17)19(15)24/h1-2,4,7-11H,3,5-6,21H2,(H,25,26). The van der Waals surface area contributed by atoms with E-state index < -0.39 is 5.97 Å². The number of hydrogen-bond acceptors (Lipinski definition) is 4. The second kappa shape index (κ2) is 6.15. The molecular formula is C20H17N3O3. The normalized spacial score (nSPS) is 15.2. The van der Waals surface area contributed by atoms with E-state index in [4.69, 9.17) is 10.8 Å². The summed E-state index contributed by atoms with van der Waals surface area (Å²) in [5.74, 6) is -1.07. The molecule has 2 heterocycles. The van der Waals surface area contributed by atoms with Gasteiger partial charge < -0.3 is 10.8 Å². The Morgan fingerprint density at radius 3 is 2.77 bits per heavy atom. The van der Waals surface area contributed by atoms with Crippen LogP contribution in [0.5, 0.6) is 0 Å². The quantitative estimate of drug-likeness (QED) is 0.695. The lowest BCUT2D eigenvalue weighted by molar-refractivity contribution is 0.0696. The largest absolute Gasteiger partial charge is 0.478 e.